The van der Waals surface area contributed by atoms with Gasteiger partial charge in [-0.25, -0.2) is 0 Å². The fourth-order valence-corrected chi connectivity index (χ4v) is 1.43. The minimum Gasteiger partial charge on any atom is -0.383 e. The van der Waals surface area contributed by atoms with E-state index < -0.39 is 6.10 Å². The van der Waals surface area contributed by atoms with Gasteiger partial charge < -0.3 is 10.0 Å². The number of nitrogens with zero attached hydrogens (tertiary/aromatic N) is 1. The van der Waals surface area contributed by atoms with Crippen molar-refractivity contribution in [3.8, 4) is 0 Å². The van der Waals surface area contributed by atoms with Crippen molar-refractivity contribution in [2.45, 2.75) is 26.9 Å². The Bertz CT molecular complexity index is 177. The van der Waals surface area contributed by atoms with Gasteiger partial charge >= 0.3 is 0 Å². The number of likely N-dealkylation sites (tertiary alicyclic amines) is 1. The zero-order valence-electron chi connectivity index (χ0n) is 7.29. The summed E-state index contributed by atoms with van der Waals surface area (Å²) in [6.45, 7) is 7.10. The Kier molecular flexibility index (Phi) is 1.92. The summed E-state index contributed by atoms with van der Waals surface area (Å²) in [4.78, 5) is 12.9. The van der Waals surface area contributed by atoms with Crippen LogP contribution in [0.25, 0.3) is 0 Å². The van der Waals surface area contributed by atoms with E-state index in [0.29, 0.717) is 13.1 Å². The number of hydrogen-bond donors (Lipinski definition) is 1. The van der Waals surface area contributed by atoms with E-state index in [4.69, 9.17) is 0 Å². The number of rotatable bonds is 1. The number of likely N-dealkylation sites (N-methyl/N-ethyl adjacent to an activating group) is 1. The van der Waals surface area contributed by atoms with Crippen LogP contribution in [0.2, 0.25) is 0 Å². The van der Waals surface area contributed by atoms with Gasteiger partial charge in [-0.1, -0.05) is 13.8 Å². The fourth-order valence-electron chi connectivity index (χ4n) is 1.43. The number of carbonyl (C=O) groups excluding carboxylic acids is 1. The molecule has 0 aromatic rings. The van der Waals surface area contributed by atoms with Gasteiger partial charge in [0.25, 0.3) is 5.91 Å². The van der Waals surface area contributed by atoms with Crippen LogP contribution in [0.1, 0.15) is 20.8 Å². The summed E-state index contributed by atoms with van der Waals surface area (Å²) in [6, 6.07) is 0. The van der Waals surface area contributed by atoms with Crippen molar-refractivity contribution in [1.29, 1.82) is 0 Å². The van der Waals surface area contributed by atoms with Gasteiger partial charge in [-0.3, -0.25) is 4.79 Å². The molecule has 1 aliphatic heterocycles. The molecule has 0 radical (unpaired) electrons. The Morgan fingerprint density at radius 2 is 2.27 bits per heavy atom. The summed E-state index contributed by atoms with van der Waals surface area (Å²) < 4.78 is 0. The topological polar surface area (TPSA) is 40.5 Å². The lowest BCUT2D eigenvalue weighted by Gasteiger charge is -2.19. The molecule has 0 bridgehead atoms. The molecule has 0 aromatic carbocycles. The third-order valence-electron chi connectivity index (χ3n) is 2.27. The number of hydrogen-bond acceptors (Lipinski definition) is 2. The van der Waals surface area contributed by atoms with E-state index in [2.05, 4.69) is 0 Å². The molecule has 1 amide bonds. The molecule has 0 unspecified atom stereocenters. The van der Waals surface area contributed by atoms with E-state index in [-0.39, 0.29) is 11.3 Å². The zero-order chi connectivity index (χ0) is 8.65. The molecule has 0 saturated carbocycles. The molecular weight excluding hydrogens is 142 g/mol. The van der Waals surface area contributed by atoms with E-state index >= 15 is 0 Å². The first kappa shape index (κ1) is 8.53. The average Bonchev–Trinajstić information content (AvgIpc) is 2.13. The van der Waals surface area contributed by atoms with Gasteiger partial charge in [-0.05, 0) is 6.92 Å². The van der Waals surface area contributed by atoms with Crippen molar-refractivity contribution in [1.82, 2.24) is 4.90 Å². The standard InChI is InChI=1S/C8H15NO2/c1-4-9-5-8(2,3)6(10)7(9)11/h6,10H,4-5H2,1-3H3/t6-/m0/s1. The molecule has 0 aliphatic carbocycles. The second kappa shape index (κ2) is 2.48. The van der Waals surface area contributed by atoms with E-state index in [1.54, 1.807) is 4.90 Å². The summed E-state index contributed by atoms with van der Waals surface area (Å²) in [7, 11) is 0. The van der Waals surface area contributed by atoms with Crippen LogP contribution in [0, 0.1) is 5.41 Å². The SMILES string of the molecule is CCN1CC(C)(C)[C@@H](O)C1=O. The molecule has 1 heterocycles. The van der Waals surface area contributed by atoms with Gasteiger partial charge in [-0.15, -0.1) is 0 Å². The van der Waals surface area contributed by atoms with E-state index in [1.165, 1.54) is 0 Å². The Balaban J connectivity index is 2.77. The lowest BCUT2D eigenvalue weighted by molar-refractivity contribution is -0.135. The van der Waals surface area contributed by atoms with E-state index in [0.717, 1.165) is 0 Å². The van der Waals surface area contributed by atoms with Crippen LogP contribution in [0.5, 0.6) is 0 Å². The van der Waals surface area contributed by atoms with Gasteiger partial charge in [0.15, 0.2) is 0 Å². The van der Waals surface area contributed by atoms with Crippen LogP contribution >= 0.6 is 0 Å². The fraction of sp³-hybridized carbons (Fsp3) is 0.875. The van der Waals surface area contributed by atoms with Gasteiger partial charge in [0.1, 0.15) is 6.10 Å². The lowest BCUT2D eigenvalue weighted by Crippen LogP contribution is -2.30. The Morgan fingerprint density at radius 3 is 2.45 bits per heavy atom. The van der Waals surface area contributed by atoms with Crippen molar-refractivity contribution >= 4 is 5.91 Å². The minimum absolute atomic E-state index is 0.127. The molecule has 0 aromatic heterocycles. The quantitative estimate of drug-likeness (QED) is 0.592. The van der Waals surface area contributed by atoms with Crippen LogP contribution in [0.3, 0.4) is 0 Å². The molecule has 64 valence electrons. The molecular formula is C8H15NO2. The number of aliphatic hydroxyl groups is 1. The maximum absolute atomic E-state index is 11.2. The molecule has 1 aliphatic rings. The first-order valence-electron chi connectivity index (χ1n) is 3.96. The van der Waals surface area contributed by atoms with Crippen molar-refractivity contribution in [2.24, 2.45) is 5.41 Å². The zero-order valence-corrected chi connectivity index (χ0v) is 7.29. The van der Waals surface area contributed by atoms with Crippen molar-refractivity contribution < 1.29 is 9.90 Å². The average molecular weight is 157 g/mol. The second-order valence-electron chi connectivity index (χ2n) is 3.74. The summed E-state index contributed by atoms with van der Waals surface area (Å²) in [5.41, 5.74) is -0.271. The number of aliphatic hydroxyl groups excluding tert-OH is 1. The van der Waals surface area contributed by atoms with Gasteiger partial charge in [0.05, 0.1) is 0 Å². The summed E-state index contributed by atoms with van der Waals surface area (Å²) >= 11 is 0. The maximum Gasteiger partial charge on any atom is 0.252 e. The highest BCUT2D eigenvalue weighted by Crippen LogP contribution is 2.29. The maximum atomic E-state index is 11.2. The first-order valence-corrected chi connectivity index (χ1v) is 3.96. The monoisotopic (exact) mass is 157 g/mol. The minimum atomic E-state index is -0.803. The first-order chi connectivity index (χ1) is 4.99. The molecule has 1 N–H and O–H groups in total. The summed E-state index contributed by atoms with van der Waals surface area (Å²) in [5.74, 6) is -0.127. The van der Waals surface area contributed by atoms with E-state index in [9.17, 15) is 9.90 Å². The lowest BCUT2D eigenvalue weighted by atomic mass is 9.90. The number of amides is 1. The molecule has 1 saturated heterocycles. The normalized spacial score (nSPS) is 29.6. The molecule has 1 fully saturated rings. The number of carbonyl (C=O) groups is 1. The van der Waals surface area contributed by atoms with Crippen LogP contribution in [0.4, 0.5) is 0 Å². The highest BCUT2D eigenvalue weighted by atomic mass is 16.3. The smallest absolute Gasteiger partial charge is 0.252 e. The predicted molar refractivity (Wildman–Crippen MR) is 42.0 cm³/mol. The highest BCUT2D eigenvalue weighted by Gasteiger charge is 2.44. The molecule has 1 rings (SSSR count). The van der Waals surface area contributed by atoms with Crippen molar-refractivity contribution in [3.05, 3.63) is 0 Å². The van der Waals surface area contributed by atoms with Gasteiger partial charge in [-0.2, -0.15) is 0 Å². The molecule has 1 atom stereocenters. The third kappa shape index (κ3) is 1.25. The Morgan fingerprint density at radius 1 is 1.73 bits per heavy atom. The molecule has 3 nitrogen and oxygen atoms in total. The highest BCUT2D eigenvalue weighted by molar-refractivity contribution is 5.84. The molecule has 11 heavy (non-hydrogen) atoms. The summed E-state index contributed by atoms with van der Waals surface area (Å²) in [5, 5.41) is 9.44. The van der Waals surface area contributed by atoms with Gasteiger partial charge in [0.2, 0.25) is 0 Å². The van der Waals surface area contributed by atoms with E-state index in [1.807, 2.05) is 20.8 Å². The predicted octanol–water partition coefficient (Wildman–Crippen LogP) is 0.236. The van der Waals surface area contributed by atoms with Crippen LogP contribution in [-0.4, -0.2) is 35.1 Å². The van der Waals surface area contributed by atoms with Crippen LogP contribution < -0.4 is 0 Å². The third-order valence-corrected chi connectivity index (χ3v) is 2.27. The van der Waals surface area contributed by atoms with Crippen LogP contribution in [-0.2, 0) is 4.79 Å². The largest absolute Gasteiger partial charge is 0.383 e. The van der Waals surface area contributed by atoms with Crippen molar-refractivity contribution in [2.75, 3.05) is 13.1 Å². The Labute approximate surface area is 67.0 Å². The molecule has 0 spiro atoms. The van der Waals surface area contributed by atoms with Crippen LogP contribution in [0.15, 0.2) is 0 Å². The second-order valence-corrected chi connectivity index (χ2v) is 3.74. The Hall–Kier alpha value is -0.570. The van der Waals surface area contributed by atoms with Gasteiger partial charge in [0, 0.05) is 18.5 Å². The summed E-state index contributed by atoms with van der Waals surface area (Å²) in [6.07, 6.45) is -0.803. The molecule has 3 heteroatoms. The van der Waals surface area contributed by atoms with Crippen molar-refractivity contribution in [3.63, 3.8) is 0 Å².